The number of rotatable bonds is 7. The fourth-order valence-electron chi connectivity index (χ4n) is 2.63. The van der Waals surface area contributed by atoms with Crippen molar-refractivity contribution in [1.82, 2.24) is 10.6 Å². The van der Waals surface area contributed by atoms with E-state index >= 15 is 0 Å². The van der Waals surface area contributed by atoms with E-state index in [4.69, 9.17) is 0 Å². The van der Waals surface area contributed by atoms with E-state index < -0.39 is 0 Å². The van der Waals surface area contributed by atoms with Gasteiger partial charge in [0.1, 0.15) is 5.69 Å². The van der Waals surface area contributed by atoms with Crippen LogP contribution >= 0.6 is 11.8 Å². The zero-order valence-corrected chi connectivity index (χ0v) is 15.0. The second kappa shape index (κ2) is 8.77. The molecular formula is C16H25N5O2S. The number of anilines is 1. The molecule has 1 fully saturated rings. The van der Waals surface area contributed by atoms with Crippen molar-refractivity contribution in [2.75, 3.05) is 37.8 Å². The quantitative estimate of drug-likeness (QED) is 0.230. The predicted molar refractivity (Wildman–Crippen MR) is 101 cm³/mol. The Morgan fingerprint density at radius 1 is 1.38 bits per heavy atom. The van der Waals surface area contributed by atoms with Crippen molar-refractivity contribution in [2.24, 2.45) is 4.99 Å². The van der Waals surface area contributed by atoms with Crippen LogP contribution in [0.2, 0.25) is 0 Å². The van der Waals surface area contributed by atoms with Gasteiger partial charge in [0.05, 0.1) is 4.92 Å². The van der Waals surface area contributed by atoms with Gasteiger partial charge in [-0.05, 0) is 31.6 Å². The number of benzene rings is 1. The van der Waals surface area contributed by atoms with Crippen molar-refractivity contribution < 1.29 is 4.92 Å². The largest absolute Gasteiger partial charge is 0.378 e. The number of nitrogens with zero attached hydrogens (tertiary/aromatic N) is 2. The van der Waals surface area contributed by atoms with Crippen molar-refractivity contribution in [1.29, 1.82) is 0 Å². The summed E-state index contributed by atoms with van der Waals surface area (Å²) in [7, 11) is 1.74. The third kappa shape index (κ3) is 5.30. The van der Waals surface area contributed by atoms with Gasteiger partial charge in [-0.1, -0.05) is 12.1 Å². The molecule has 0 spiro atoms. The van der Waals surface area contributed by atoms with Crippen LogP contribution in [0.1, 0.15) is 19.8 Å². The molecule has 0 aliphatic carbocycles. The van der Waals surface area contributed by atoms with Crippen LogP contribution in [0.15, 0.2) is 29.3 Å². The molecule has 1 aromatic rings. The van der Waals surface area contributed by atoms with Gasteiger partial charge in [-0.15, -0.1) is 0 Å². The molecule has 1 atom stereocenters. The predicted octanol–water partition coefficient (Wildman–Crippen LogP) is 2.46. The van der Waals surface area contributed by atoms with Gasteiger partial charge in [0.2, 0.25) is 0 Å². The number of aliphatic imine (C=N–C) groups is 1. The maximum absolute atomic E-state index is 11.0. The Balaban J connectivity index is 1.73. The lowest BCUT2D eigenvalue weighted by Crippen LogP contribution is -2.44. The van der Waals surface area contributed by atoms with E-state index in [-0.39, 0.29) is 15.4 Å². The number of nitrogens with one attached hydrogen (secondary N) is 3. The van der Waals surface area contributed by atoms with Gasteiger partial charge in [0.25, 0.3) is 5.69 Å². The second-order valence-corrected chi connectivity index (χ2v) is 7.64. The van der Waals surface area contributed by atoms with Crippen molar-refractivity contribution in [3.8, 4) is 0 Å². The van der Waals surface area contributed by atoms with Crippen LogP contribution in [0.5, 0.6) is 0 Å². The molecule has 0 saturated carbocycles. The van der Waals surface area contributed by atoms with E-state index in [2.05, 4.69) is 27.9 Å². The molecule has 1 unspecified atom stereocenters. The Morgan fingerprint density at radius 3 is 2.83 bits per heavy atom. The van der Waals surface area contributed by atoms with Crippen molar-refractivity contribution in [3.05, 3.63) is 34.4 Å². The summed E-state index contributed by atoms with van der Waals surface area (Å²) in [4.78, 5) is 14.8. The summed E-state index contributed by atoms with van der Waals surface area (Å²) in [6.45, 7) is 4.35. The van der Waals surface area contributed by atoms with E-state index in [1.807, 2.05) is 11.8 Å². The maximum Gasteiger partial charge on any atom is 0.292 e. The van der Waals surface area contributed by atoms with Crippen molar-refractivity contribution >= 4 is 29.1 Å². The molecule has 1 saturated heterocycles. The first kappa shape index (κ1) is 18.4. The van der Waals surface area contributed by atoms with E-state index in [1.54, 1.807) is 25.2 Å². The average Bonchev–Trinajstić information content (AvgIpc) is 3.01. The lowest BCUT2D eigenvalue weighted by molar-refractivity contribution is -0.384. The maximum atomic E-state index is 11.0. The number of nitro benzene ring substituents is 1. The molecule has 1 aliphatic rings. The van der Waals surface area contributed by atoms with Crippen molar-refractivity contribution in [3.63, 3.8) is 0 Å². The number of hydrogen-bond donors (Lipinski definition) is 3. The number of guanidine groups is 1. The summed E-state index contributed by atoms with van der Waals surface area (Å²) >= 11 is 2.01. The Morgan fingerprint density at radius 2 is 2.17 bits per heavy atom. The van der Waals surface area contributed by atoms with E-state index in [9.17, 15) is 10.1 Å². The van der Waals surface area contributed by atoms with Crippen LogP contribution in [0, 0.1) is 10.1 Å². The van der Waals surface area contributed by atoms with Gasteiger partial charge in [-0.2, -0.15) is 11.8 Å². The lowest BCUT2D eigenvalue weighted by atomic mass is 10.1. The van der Waals surface area contributed by atoms with Gasteiger partial charge < -0.3 is 16.0 Å². The summed E-state index contributed by atoms with van der Waals surface area (Å²) in [6, 6.07) is 6.65. The van der Waals surface area contributed by atoms with Crippen LogP contribution in [0.25, 0.3) is 0 Å². The summed E-state index contributed by atoms with van der Waals surface area (Å²) in [5, 5.41) is 20.6. The minimum absolute atomic E-state index is 0.0891. The van der Waals surface area contributed by atoms with Crippen molar-refractivity contribution in [2.45, 2.75) is 24.5 Å². The molecule has 1 aliphatic heterocycles. The Bertz CT molecular complexity index is 588. The van der Waals surface area contributed by atoms with Crippen LogP contribution in [-0.2, 0) is 0 Å². The van der Waals surface area contributed by atoms with Crippen LogP contribution in [-0.4, -0.2) is 48.1 Å². The average molecular weight is 351 g/mol. The SMILES string of the molecule is CN=C(NCCNc1ccccc1[N+](=O)[O-])NCC1(C)CCCS1. The molecule has 24 heavy (non-hydrogen) atoms. The highest BCUT2D eigenvalue weighted by molar-refractivity contribution is 8.00. The van der Waals surface area contributed by atoms with Crippen LogP contribution in [0.4, 0.5) is 11.4 Å². The zero-order chi connectivity index (χ0) is 17.4. The van der Waals surface area contributed by atoms with Crippen LogP contribution in [0.3, 0.4) is 0 Å². The smallest absolute Gasteiger partial charge is 0.292 e. The zero-order valence-electron chi connectivity index (χ0n) is 14.2. The number of nitro groups is 1. The number of thioether (sulfide) groups is 1. The fourth-order valence-corrected chi connectivity index (χ4v) is 3.87. The molecule has 0 amide bonds. The Hall–Kier alpha value is -1.96. The summed E-state index contributed by atoms with van der Waals surface area (Å²) < 4.78 is 0.278. The standard InChI is InChI=1S/C16H25N5O2S/c1-16(8-5-11-24-16)12-20-15(17-2)19-10-9-18-13-6-3-4-7-14(13)21(22)23/h3-4,6-7,18H,5,8-12H2,1-2H3,(H2,17,19,20). The third-order valence-corrected chi connectivity index (χ3v) is 5.53. The normalized spacial score (nSPS) is 20.7. The van der Waals surface area contributed by atoms with E-state index in [0.29, 0.717) is 18.8 Å². The minimum atomic E-state index is -0.379. The molecule has 1 aromatic carbocycles. The molecular weight excluding hydrogens is 326 g/mol. The second-order valence-electron chi connectivity index (χ2n) is 5.96. The lowest BCUT2D eigenvalue weighted by Gasteiger charge is -2.24. The highest BCUT2D eigenvalue weighted by atomic mass is 32.2. The number of para-hydroxylation sites is 2. The van der Waals surface area contributed by atoms with E-state index in [0.717, 1.165) is 12.5 Å². The van der Waals surface area contributed by atoms with Gasteiger partial charge in [0, 0.05) is 37.5 Å². The Labute approximate surface area is 146 Å². The van der Waals surface area contributed by atoms with Gasteiger partial charge >= 0.3 is 0 Å². The summed E-state index contributed by atoms with van der Waals surface area (Å²) in [5.74, 6) is 1.98. The first-order valence-electron chi connectivity index (χ1n) is 8.10. The molecule has 132 valence electrons. The number of hydrogen-bond acceptors (Lipinski definition) is 5. The molecule has 3 N–H and O–H groups in total. The minimum Gasteiger partial charge on any atom is -0.378 e. The summed E-state index contributed by atoms with van der Waals surface area (Å²) in [5.41, 5.74) is 0.619. The monoisotopic (exact) mass is 351 g/mol. The fraction of sp³-hybridized carbons (Fsp3) is 0.562. The molecule has 0 aromatic heterocycles. The van der Waals surface area contributed by atoms with E-state index in [1.165, 1.54) is 24.7 Å². The molecule has 2 rings (SSSR count). The summed E-state index contributed by atoms with van der Waals surface area (Å²) in [6.07, 6.45) is 2.50. The Kier molecular flexibility index (Phi) is 6.72. The van der Waals surface area contributed by atoms with Gasteiger partial charge in [-0.25, -0.2) is 0 Å². The molecule has 0 radical (unpaired) electrons. The first-order valence-corrected chi connectivity index (χ1v) is 9.08. The topological polar surface area (TPSA) is 91.6 Å². The highest BCUT2D eigenvalue weighted by Crippen LogP contribution is 2.36. The molecule has 8 heteroatoms. The molecule has 0 bridgehead atoms. The first-order chi connectivity index (χ1) is 11.5. The molecule has 7 nitrogen and oxygen atoms in total. The third-order valence-electron chi connectivity index (χ3n) is 3.99. The molecule has 1 heterocycles. The highest BCUT2D eigenvalue weighted by Gasteiger charge is 2.29. The van der Waals surface area contributed by atoms with Gasteiger partial charge in [-0.3, -0.25) is 15.1 Å². The van der Waals surface area contributed by atoms with Crippen LogP contribution < -0.4 is 16.0 Å². The van der Waals surface area contributed by atoms with Gasteiger partial charge in [0.15, 0.2) is 5.96 Å².